The number of hydrogen-bond acceptors (Lipinski definition) is 2. The molecule has 0 fully saturated rings. The molecule has 2 aromatic heterocycles. The molecule has 0 atom stereocenters. The summed E-state index contributed by atoms with van der Waals surface area (Å²) in [4.78, 5) is 4.74. The molecule has 2 heterocycles. The van der Waals surface area contributed by atoms with Gasteiger partial charge in [-0.15, -0.1) is 0 Å². The normalized spacial score (nSPS) is 14.0. The van der Waals surface area contributed by atoms with Gasteiger partial charge in [-0.25, -0.2) is 0 Å². The molecule has 0 saturated carbocycles. The largest absolute Gasteiger partial charge is 0.458 e. The smallest absolute Gasteiger partial charge is 0.269 e. The van der Waals surface area contributed by atoms with Gasteiger partial charge in [0.15, 0.2) is 0 Å². The average Bonchev–Trinajstić information content (AvgIpc) is 3.68. The molecular weight excluding hydrogens is 647 g/mol. The molecule has 0 aliphatic heterocycles. The number of ether oxygens (including phenoxy) is 1. The summed E-state index contributed by atoms with van der Waals surface area (Å²) >= 11 is 0. The quantitative estimate of drug-likeness (QED) is 0.117. The number of nitrogens with zero attached hydrogens (tertiary/aromatic N) is 3. The number of fused-ring (bicyclic) bond motifs is 2. The van der Waals surface area contributed by atoms with Crippen LogP contribution in [0, 0.1) is 6.33 Å². The number of hydrogen-bond donors (Lipinski definition) is 0. The minimum Gasteiger partial charge on any atom is -0.458 e. The monoisotopic (exact) mass is 693 g/mol. The fourth-order valence-electron chi connectivity index (χ4n) is 6.69. The fourth-order valence-corrected chi connectivity index (χ4v) is 6.69. The minimum atomic E-state index is -0.563. The Bertz CT molecular complexity index is 3180. The van der Waals surface area contributed by atoms with Crippen LogP contribution in [0.1, 0.15) is 39.0 Å². The highest BCUT2D eigenvalue weighted by molar-refractivity contribution is 5.95. The van der Waals surface area contributed by atoms with Crippen molar-refractivity contribution in [2.45, 2.75) is 19.8 Å². The molecule has 4 heteroatoms. The van der Waals surface area contributed by atoms with Gasteiger partial charge in [-0.05, 0) is 75.5 Å². The number of para-hydroxylation sites is 3. The summed E-state index contributed by atoms with van der Waals surface area (Å²) in [5, 5.41) is 2.14. The van der Waals surface area contributed by atoms with Crippen molar-refractivity contribution >= 4 is 21.8 Å². The van der Waals surface area contributed by atoms with Crippen molar-refractivity contribution in [3.8, 4) is 56.4 Å². The zero-order valence-electron chi connectivity index (χ0n) is 38.9. The van der Waals surface area contributed by atoms with Gasteiger partial charge >= 0.3 is 0 Å². The van der Waals surface area contributed by atoms with Gasteiger partial charge in [-0.1, -0.05) is 153 Å². The van der Waals surface area contributed by atoms with Crippen molar-refractivity contribution < 1.29 is 23.0 Å². The van der Waals surface area contributed by atoms with E-state index in [9.17, 15) is 0 Å². The van der Waals surface area contributed by atoms with E-state index in [-0.39, 0.29) is 27.9 Å². The first kappa shape index (κ1) is 22.9. The van der Waals surface area contributed by atoms with Crippen LogP contribution in [0.4, 0.5) is 0 Å². The second-order valence-electron chi connectivity index (χ2n) is 12.9. The number of pyridine rings is 1. The molecule has 0 aliphatic carbocycles. The molecule has 0 radical (unpaired) electrons. The number of imidazole rings is 1. The molecule has 4 nitrogen and oxygen atoms in total. The molecule has 0 N–H and O–H groups in total. The zero-order valence-corrected chi connectivity index (χ0v) is 28.9. The summed E-state index contributed by atoms with van der Waals surface area (Å²) in [6.45, 7) is 4.34. The van der Waals surface area contributed by atoms with Crippen molar-refractivity contribution in [2.75, 3.05) is 0 Å². The molecule has 0 spiro atoms. The van der Waals surface area contributed by atoms with E-state index in [1.165, 1.54) is 5.56 Å². The van der Waals surface area contributed by atoms with Crippen LogP contribution >= 0.6 is 0 Å². The SMILES string of the molecule is [2H]c1c([2H])c([2H])c(-c2cccc(-c3c([2H])c([2H])c([2H])c([2H])c3[2H])c2-[n+]2[c-]n(-c3cccc(Oc4cccc(-c5nccc6cc(C(C)C)ccc56)c4)c3)c3ccccc32)c([2H])c1[2H]. The Labute approximate surface area is 323 Å². The van der Waals surface area contributed by atoms with E-state index in [1.54, 1.807) is 27.3 Å². The number of benzene rings is 7. The summed E-state index contributed by atoms with van der Waals surface area (Å²) in [5.74, 6) is 1.51. The Hall–Kier alpha value is -6.78. The average molecular weight is 694 g/mol. The molecule has 9 rings (SSSR count). The standard InChI is InChI=1S/C49H37N3O/c1-34(2)37-26-27-43-38(30-37)28-29-50-48(43)39-18-11-20-41(31-39)53-42-21-12-19-40(32-42)51-33-52(47-25-10-9-24-46(47)51)49-44(35-14-5-3-6-15-35)22-13-23-45(49)36-16-7-4-8-17-36/h3-32,34H,1-2H3/i3D,4D,5D,6D,7D,8D,14D,15D,16D,17D. The fraction of sp³-hybridized carbons (Fsp3) is 0.0612. The van der Waals surface area contributed by atoms with Crippen LogP contribution in [0.2, 0.25) is 0 Å². The maximum atomic E-state index is 8.95. The van der Waals surface area contributed by atoms with Gasteiger partial charge < -0.3 is 4.74 Å². The van der Waals surface area contributed by atoms with Crippen LogP contribution < -0.4 is 9.30 Å². The van der Waals surface area contributed by atoms with E-state index in [0.717, 1.165) is 22.0 Å². The molecule has 7 aromatic carbocycles. The van der Waals surface area contributed by atoms with Gasteiger partial charge in [-0.2, -0.15) is 0 Å². The number of rotatable bonds is 8. The minimum absolute atomic E-state index is 0.125. The second-order valence-corrected chi connectivity index (χ2v) is 12.9. The molecule has 0 bridgehead atoms. The summed E-state index contributed by atoms with van der Waals surface area (Å²) in [5.41, 5.74) is 5.11. The van der Waals surface area contributed by atoms with E-state index in [4.69, 9.17) is 23.4 Å². The Morgan fingerprint density at radius 1 is 0.660 bits per heavy atom. The molecule has 0 unspecified atom stereocenters. The Balaban J connectivity index is 1.20. The highest BCUT2D eigenvalue weighted by Crippen LogP contribution is 2.36. The Morgan fingerprint density at radius 3 is 2.08 bits per heavy atom. The topological polar surface area (TPSA) is 30.9 Å². The van der Waals surface area contributed by atoms with Gasteiger partial charge in [-0.3, -0.25) is 14.1 Å². The van der Waals surface area contributed by atoms with Gasteiger partial charge in [0.1, 0.15) is 11.5 Å². The lowest BCUT2D eigenvalue weighted by atomic mass is 9.95. The van der Waals surface area contributed by atoms with Crippen molar-refractivity contribution in [3.63, 3.8) is 0 Å². The van der Waals surface area contributed by atoms with Crippen LogP contribution in [-0.4, -0.2) is 9.55 Å². The zero-order chi connectivity index (χ0) is 44.4. The third-order valence-corrected chi connectivity index (χ3v) is 9.24. The van der Waals surface area contributed by atoms with Gasteiger partial charge in [0, 0.05) is 17.1 Å². The first-order valence-corrected chi connectivity index (χ1v) is 17.2. The maximum absolute atomic E-state index is 8.95. The molecule has 0 aliphatic rings. The van der Waals surface area contributed by atoms with Crippen LogP contribution in [0.25, 0.3) is 66.7 Å². The van der Waals surface area contributed by atoms with Gasteiger partial charge in [0.05, 0.1) is 41.8 Å². The summed E-state index contributed by atoms with van der Waals surface area (Å²) in [7, 11) is 0. The van der Waals surface area contributed by atoms with Crippen molar-refractivity contribution in [1.29, 1.82) is 0 Å². The lowest BCUT2D eigenvalue weighted by molar-refractivity contribution is -0.571. The third-order valence-electron chi connectivity index (χ3n) is 9.24. The van der Waals surface area contributed by atoms with Crippen LogP contribution in [-0.2, 0) is 0 Å². The number of aromatic nitrogens is 3. The molecular formula is C49H37N3O. The van der Waals surface area contributed by atoms with Crippen molar-refractivity contribution in [2.24, 2.45) is 0 Å². The Morgan fingerprint density at radius 2 is 1.34 bits per heavy atom. The first-order valence-electron chi connectivity index (χ1n) is 22.2. The van der Waals surface area contributed by atoms with Crippen LogP contribution in [0.5, 0.6) is 11.5 Å². The van der Waals surface area contributed by atoms with E-state index in [0.29, 0.717) is 34.1 Å². The second kappa shape index (κ2) is 13.7. The van der Waals surface area contributed by atoms with E-state index >= 15 is 0 Å². The lowest BCUT2D eigenvalue weighted by Crippen LogP contribution is -2.31. The van der Waals surface area contributed by atoms with Gasteiger partial charge in [0.2, 0.25) is 0 Å². The predicted octanol–water partition coefficient (Wildman–Crippen LogP) is 12.2. The van der Waals surface area contributed by atoms with Crippen molar-refractivity contribution in [1.82, 2.24) is 9.55 Å². The molecule has 0 saturated heterocycles. The maximum Gasteiger partial charge on any atom is 0.269 e. The molecule has 254 valence electrons. The van der Waals surface area contributed by atoms with E-state index in [1.807, 2.05) is 85.1 Å². The van der Waals surface area contributed by atoms with Crippen LogP contribution in [0.3, 0.4) is 0 Å². The highest BCUT2D eigenvalue weighted by atomic mass is 16.5. The predicted molar refractivity (Wildman–Crippen MR) is 216 cm³/mol. The Kier molecular flexibility index (Phi) is 5.94. The molecule has 0 amide bonds. The molecule has 9 aromatic rings. The van der Waals surface area contributed by atoms with Crippen LogP contribution in [0.15, 0.2) is 182 Å². The molecule has 53 heavy (non-hydrogen) atoms. The third kappa shape index (κ3) is 6.15. The van der Waals surface area contributed by atoms with E-state index in [2.05, 4.69) is 38.4 Å². The summed E-state index contributed by atoms with van der Waals surface area (Å²) < 4.78 is 96.3. The highest BCUT2D eigenvalue weighted by Gasteiger charge is 2.20. The van der Waals surface area contributed by atoms with E-state index < -0.39 is 60.4 Å². The summed E-state index contributed by atoms with van der Waals surface area (Å²) in [6, 6.07) is 30.6. The summed E-state index contributed by atoms with van der Waals surface area (Å²) in [6.07, 6.45) is 5.23. The van der Waals surface area contributed by atoms with Crippen molar-refractivity contribution in [3.05, 3.63) is 194 Å². The lowest BCUT2D eigenvalue weighted by Gasteiger charge is -2.17. The van der Waals surface area contributed by atoms with Gasteiger partial charge in [0.25, 0.3) is 6.33 Å². The first-order chi connectivity index (χ1) is 30.2.